The van der Waals surface area contributed by atoms with E-state index >= 15 is 0 Å². The molecule has 0 amide bonds. The second-order valence-electron chi connectivity index (χ2n) is 5.98. The summed E-state index contributed by atoms with van der Waals surface area (Å²) < 4.78 is 0. The minimum Gasteiger partial charge on any atom is -0.198 e. The predicted molar refractivity (Wildman–Crippen MR) is 66.9 cm³/mol. The summed E-state index contributed by atoms with van der Waals surface area (Å²) in [4.78, 5) is 0. The topological polar surface area (TPSA) is 23.8 Å². The van der Waals surface area contributed by atoms with Crippen LogP contribution in [0.15, 0.2) is 0 Å². The molecular formula is C15H25N. The van der Waals surface area contributed by atoms with Crippen molar-refractivity contribution in [3.8, 4) is 6.07 Å². The molecule has 1 heteroatoms. The average Bonchev–Trinajstić information content (AvgIpc) is 2.40. The third kappa shape index (κ3) is 2.42. The van der Waals surface area contributed by atoms with Gasteiger partial charge in [-0.25, -0.2) is 0 Å². The smallest absolute Gasteiger partial charge is 0.0689 e. The largest absolute Gasteiger partial charge is 0.198 e. The minimum absolute atomic E-state index is 0.0468. The zero-order valence-corrected chi connectivity index (χ0v) is 10.7. The maximum absolute atomic E-state index is 9.29. The van der Waals surface area contributed by atoms with Crippen LogP contribution in [0.2, 0.25) is 0 Å². The first-order valence-corrected chi connectivity index (χ1v) is 7.21. The highest BCUT2D eigenvalue weighted by Gasteiger charge is 2.36. The van der Waals surface area contributed by atoms with E-state index in [0.717, 1.165) is 18.3 Å². The van der Waals surface area contributed by atoms with Crippen LogP contribution in [0.3, 0.4) is 0 Å². The van der Waals surface area contributed by atoms with E-state index in [1.165, 1.54) is 57.8 Å². The molecule has 0 N–H and O–H groups in total. The lowest BCUT2D eigenvalue weighted by molar-refractivity contribution is 0.134. The molecule has 0 spiro atoms. The van der Waals surface area contributed by atoms with E-state index in [-0.39, 0.29) is 5.41 Å². The number of nitrogens with zero attached hydrogens (tertiary/aromatic N) is 1. The molecule has 2 saturated carbocycles. The van der Waals surface area contributed by atoms with Gasteiger partial charge in [0.1, 0.15) is 0 Å². The van der Waals surface area contributed by atoms with Crippen LogP contribution in [0.4, 0.5) is 0 Å². The highest BCUT2D eigenvalue weighted by molar-refractivity contribution is 5.01. The van der Waals surface area contributed by atoms with Crippen LogP contribution < -0.4 is 0 Å². The van der Waals surface area contributed by atoms with Gasteiger partial charge in [0.05, 0.1) is 11.5 Å². The Balaban J connectivity index is 1.87. The molecule has 0 aromatic heterocycles. The summed E-state index contributed by atoms with van der Waals surface area (Å²) >= 11 is 0. The average molecular weight is 219 g/mol. The van der Waals surface area contributed by atoms with Crippen LogP contribution in [-0.2, 0) is 0 Å². The van der Waals surface area contributed by atoms with Crippen molar-refractivity contribution in [2.45, 2.75) is 71.1 Å². The molecule has 0 atom stereocenters. The molecular weight excluding hydrogens is 194 g/mol. The first kappa shape index (κ1) is 12.0. The molecule has 2 aliphatic carbocycles. The highest BCUT2D eigenvalue weighted by atomic mass is 14.4. The first-order valence-electron chi connectivity index (χ1n) is 7.21. The van der Waals surface area contributed by atoms with Crippen LogP contribution >= 0.6 is 0 Å². The Bertz CT molecular complexity index is 249. The van der Waals surface area contributed by atoms with Gasteiger partial charge in [-0.3, -0.25) is 0 Å². The van der Waals surface area contributed by atoms with Crippen molar-refractivity contribution in [2.75, 3.05) is 0 Å². The van der Waals surface area contributed by atoms with Gasteiger partial charge in [-0.05, 0) is 43.9 Å². The second-order valence-corrected chi connectivity index (χ2v) is 5.98. The van der Waals surface area contributed by atoms with Gasteiger partial charge in [-0.15, -0.1) is 0 Å². The number of hydrogen-bond acceptors (Lipinski definition) is 1. The minimum atomic E-state index is 0.0468. The fourth-order valence-electron chi connectivity index (χ4n) is 3.81. The van der Waals surface area contributed by atoms with Crippen LogP contribution in [0.5, 0.6) is 0 Å². The first-order chi connectivity index (χ1) is 7.79. The van der Waals surface area contributed by atoms with Crippen LogP contribution in [0, 0.1) is 28.6 Å². The molecule has 2 rings (SSSR count). The van der Waals surface area contributed by atoms with Crippen LogP contribution in [0.1, 0.15) is 71.1 Å². The molecule has 1 nitrogen and oxygen atoms in total. The van der Waals surface area contributed by atoms with Crippen LogP contribution in [0.25, 0.3) is 0 Å². The fourth-order valence-corrected chi connectivity index (χ4v) is 3.81. The van der Waals surface area contributed by atoms with E-state index in [4.69, 9.17) is 0 Å². The Morgan fingerprint density at radius 2 is 1.56 bits per heavy atom. The van der Waals surface area contributed by atoms with Gasteiger partial charge < -0.3 is 0 Å². The number of nitriles is 1. The summed E-state index contributed by atoms with van der Waals surface area (Å²) in [6, 6.07) is 2.59. The van der Waals surface area contributed by atoms with Crippen molar-refractivity contribution in [1.29, 1.82) is 5.26 Å². The van der Waals surface area contributed by atoms with Crippen molar-refractivity contribution in [3.63, 3.8) is 0 Å². The van der Waals surface area contributed by atoms with E-state index in [1.54, 1.807) is 0 Å². The summed E-state index contributed by atoms with van der Waals surface area (Å²) in [7, 11) is 0. The summed E-state index contributed by atoms with van der Waals surface area (Å²) in [5.74, 6) is 1.95. The van der Waals surface area contributed by atoms with E-state index in [9.17, 15) is 5.26 Å². The summed E-state index contributed by atoms with van der Waals surface area (Å²) in [6.45, 7) is 2.18. The SMILES string of the molecule is CCC1(C#N)CCC(C2CCCCC2)CC1. The lowest BCUT2D eigenvalue weighted by Gasteiger charge is -2.39. The Hall–Kier alpha value is -0.510. The molecule has 16 heavy (non-hydrogen) atoms. The standard InChI is InChI=1S/C15H25N/c1-2-15(12-16)10-8-14(9-11-15)13-6-4-3-5-7-13/h13-14H,2-11H2,1H3. The second kappa shape index (κ2) is 5.21. The molecule has 2 aliphatic rings. The summed E-state index contributed by atoms with van der Waals surface area (Å²) in [5, 5.41) is 9.29. The van der Waals surface area contributed by atoms with Crippen molar-refractivity contribution in [2.24, 2.45) is 17.3 Å². The predicted octanol–water partition coefficient (Wildman–Crippen LogP) is 4.68. The third-order valence-electron chi connectivity index (χ3n) is 5.22. The monoisotopic (exact) mass is 219 g/mol. The fraction of sp³-hybridized carbons (Fsp3) is 0.933. The zero-order valence-electron chi connectivity index (χ0n) is 10.7. The maximum atomic E-state index is 9.29. The zero-order chi connectivity index (χ0) is 11.4. The quantitative estimate of drug-likeness (QED) is 0.661. The van der Waals surface area contributed by atoms with Crippen molar-refractivity contribution in [1.82, 2.24) is 0 Å². The van der Waals surface area contributed by atoms with Crippen LogP contribution in [-0.4, -0.2) is 0 Å². The molecule has 0 unspecified atom stereocenters. The number of hydrogen-bond donors (Lipinski definition) is 0. The van der Waals surface area contributed by atoms with E-state index < -0.39 is 0 Å². The molecule has 2 fully saturated rings. The molecule has 0 aromatic rings. The Labute approximate surface area is 100 Å². The van der Waals surface area contributed by atoms with E-state index in [2.05, 4.69) is 13.0 Å². The molecule has 0 radical (unpaired) electrons. The lowest BCUT2D eigenvalue weighted by atomic mass is 9.65. The van der Waals surface area contributed by atoms with Crippen molar-refractivity contribution >= 4 is 0 Å². The van der Waals surface area contributed by atoms with Gasteiger partial charge in [-0.2, -0.15) is 5.26 Å². The maximum Gasteiger partial charge on any atom is 0.0689 e. The van der Waals surface area contributed by atoms with Gasteiger partial charge >= 0.3 is 0 Å². The summed E-state index contributed by atoms with van der Waals surface area (Å²) in [5.41, 5.74) is 0.0468. The third-order valence-corrected chi connectivity index (χ3v) is 5.22. The van der Waals surface area contributed by atoms with Crippen molar-refractivity contribution in [3.05, 3.63) is 0 Å². The summed E-state index contributed by atoms with van der Waals surface area (Å²) in [6.07, 6.45) is 13.4. The van der Waals surface area contributed by atoms with E-state index in [0.29, 0.717) is 0 Å². The van der Waals surface area contributed by atoms with Gasteiger partial charge in [0.25, 0.3) is 0 Å². The molecule has 0 aliphatic heterocycles. The number of rotatable bonds is 2. The lowest BCUT2D eigenvalue weighted by Crippen LogP contribution is -2.29. The Morgan fingerprint density at radius 1 is 1.00 bits per heavy atom. The van der Waals surface area contributed by atoms with Crippen molar-refractivity contribution < 1.29 is 0 Å². The molecule has 0 aromatic carbocycles. The van der Waals surface area contributed by atoms with Gasteiger partial charge in [0.2, 0.25) is 0 Å². The molecule has 0 bridgehead atoms. The Kier molecular flexibility index (Phi) is 3.90. The van der Waals surface area contributed by atoms with Gasteiger partial charge in [0.15, 0.2) is 0 Å². The van der Waals surface area contributed by atoms with E-state index in [1.807, 2.05) is 0 Å². The van der Waals surface area contributed by atoms with Gasteiger partial charge in [-0.1, -0.05) is 39.0 Å². The van der Waals surface area contributed by atoms with Gasteiger partial charge in [0, 0.05) is 0 Å². The Morgan fingerprint density at radius 3 is 2.06 bits per heavy atom. The molecule has 90 valence electrons. The normalized spacial score (nSPS) is 36.9. The molecule has 0 heterocycles. The highest BCUT2D eigenvalue weighted by Crippen LogP contribution is 2.45. The molecule has 0 saturated heterocycles.